The van der Waals surface area contributed by atoms with Gasteiger partial charge in [0.15, 0.2) is 0 Å². The minimum atomic E-state index is -1.03. The number of benzene rings is 1. The van der Waals surface area contributed by atoms with Crippen LogP contribution in [0.1, 0.15) is 51.0 Å². The van der Waals surface area contributed by atoms with Crippen molar-refractivity contribution >= 4 is 35.0 Å². The van der Waals surface area contributed by atoms with Crippen molar-refractivity contribution in [2.75, 3.05) is 15.5 Å². The predicted octanol–water partition coefficient (Wildman–Crippen LogP) is 2.51. The highest BCUT2D eigenvalue weighted by molar-refractivity contribution is 6.04. The van der Waals surface area contributed by atoms with Gasteiger partial charge in [-0.25, -0.2) is 0 Å². The van der Waals surface area contributed by atoms with Gasteiger partial charge in [0.1, 0.15) is 5.82 Å². The quantitative estimate of drug-likeness (QED) is 0.488. The molecule has 11 heteroatoms. The Labute approximate surface area is 183 Å². The minimum Gasteiger partial charge on any atom is -0.337 e. The molecular formula is C21H24N6O5. The van der Waals surface area contributed by atoms with Crippen molar-refractivity contribution in [1.29, 1.82) is 0 Å². The van der Waals surface area contributed by atoms with E-state index in [0.717, 1.165) is 19.3 Å². The Morgan fingerprint density at radius 1 is 1.19 bits per heavy atom. The van der Waals surface area contributed by atoms with Gasteiger partial charge in [-0.2, -0.15) is 4.98 Å². The molecule has 3 N–H and O–H groups in total. The highest BCUT2D eigenvalue weighted by atomic mass is 16.6. The first-order valence-electron chi connectivity index (χ1n) is 10.5. The lowest BCUT2D eigenvalue weighted by atomic mass is 9.92. The van der Waals surface area contributed by atoms with Crippen molar-refractivity contribution in [3.8, 4) is 0 Å². The molecule has 1 aromatic carbocycles. The van der Waals surface area contributed by atoms with Crippen LogP contribution in [0.3, 0.4) is 0 Å². The number of rotatable bonds is 4. The van der Waals surface area contributed by atoms with E-state index in [9.17, 15) is 24.5 Å². The van der Waals surface area contributed by atoms with Crippen LogP contribution in [0.2, 0.25) is 0 Å². The summed E-state index contributed by atoms with van der Waals surface area (Å²) >= 11 is 0. The van der Waals surface area contributed by atoms with Crippen LogP contribution in [0, 0.1) is 10.1 Å². The standard InChI is InChI=1S/C21H24N6O5/c1-11-4-3-5-12(2)26(11)21-24-18-17(20(30)25-21)15(10-16(28)23-18)19(29)22-13-6-8-14(9-7-13)27(31)32/h6-9,11-12,15H,3-5,10H2,1-2H3,(H,22,29)(H2,23,24,25,28,30)/t11-,12-,15+/m1/s1. The topological polar surface area (TPSA) is 150 Å². The van der Waals surface area contributed by atoms with Crippen LogP contribution in [-0.2, 0) is 9.59 Å². The first-order valence-corrected chi connectivity index (χ1v) is 10.5. The molecule has 0 bridgehead atoms. The Kier molecular flexibility index (Phi) is 5.64. The number of nitro benzene ring substituents is 1. The molecular weight excluding hydrogens is 416 g/mol. The maximum Gasteiger partial charge on any atom is 0.269 e. The number of piperidine rings is 1. The molecule has 1 fully saturated rings. The zero-order valence-electron chi connectivity index (χ0n) is 17.8. The summed E-state index contributed by atoms with van der Waals surface area (Å²) in [4.78, 5) is 57.8. The minimum absolute atomic E-state index is 0.0915. The van der Waals surface area contributed by atoms with Crippen LogP contribution < -0.4 is 21.1 Å². The van der Waals surface area contributed by atoms with Crippen LogP contribution in [0.15, 0.2) is 29.1 Å². The summed E-state index contributed by atoms with van der Waals surface area (Å²) in [5.41, 5.74) is -0.159. The third-order valence-corrected chi connectivity index (χ3v) is 6.04. The van der Waals surface area contributed by atoms with Crippen molar-refractivity contribution in [1.82, 2.24) is 9.97 Å². The second-order valence-corrected chi connectivity index (χ2v) is 8.29. The number of nitrogens with one attached hydrogen (secondary N) is 3. The summed E-state index contributed by atoms with van der Waals surface area (Å²) in [6.07, 6.45) is 2.83. The lowest BCUT2D eigenvalue weighted by Crippen LogP contribution is -2.46. The normalized spacial score (nSPS) is 22.6. The number of aromatic amines is 1. The van der Waals surface area contributed by atoms with Gasteiger partial charge in [-0.1, -0.05) is 0 Å². The summed E-state index contributed by atoms with van der Waals surface area (Å²) < 4.78 is 0. The number of hydrogen-bond donors (Lipinski definition) is 3. The molecule has 11 nitrogen and oxygen atoms in total. The molecule has 1 aromatic heterocycles. The van der Waals surface area contributed by atoms with Gasteiger partial charge in [-0.05, 0) is 45.2 Å². The highest BCUT2D eigenvalue weighted by Crippen LogP contribution is 2.32. The van der Waals surface area contributed by atoms with Crippen molar-refractivity contribution in [2.45, 2.75) is 57.5 Å². The van der Waals surface area contributed by atoms with E-state index in [1.54, 1.807) is 0 Å². The van der Waals surface area contributed by atoms with Gasteiger partial charge < -0.3 is 15.5 Å². The number of aromatic nitrogens is 2. The number of hydrogen-bond acceptors (Lipinski definition) is 7. The monoisotopic (exact) mass is 440 g/mol. The van der Waals surface area contributed by atoms with Crippen molar-refractivity contribution in [3.63, 3.8) is 0 Å². The van der Waals surface area contributed by atoms with E-state index in [4.69, 9.17) is 0 Å². The molecule has 0 radical (unpaired) electrons. The fourth-order valence-electron chi connectivity index (χ4n) is 4.44. The molecule has 3 heterocycles. The largest absolute Gasteiger partial charge is 0.337 e. The fourth-order valence-corrected chi connectivity index (χ4v) is 4.44. The number of H-pyrrole nitrogens is 1. The lowest BCUT2D eigenvalue weighted by Gasteiger charge is -2.39. The van der Waals surface area contributed by atoms with Crippen molar-refractivity contribution in [3.05, 3.63) is 50.3 Å². The molecule has 2 aliphatic rings. The number of nitrogens with zero attached hydrogens (tertiary/aromatic N) is 3. The van der Waals surface area contributed by atoms with Crippen molar-refractivity contribution < 1.29 is 14.5 Å². The van der Waals surface area contributed by atoms with E-state index >= 15 is 0 Å². The van der Waals surface area contributed by atoms with Crippen molar-refractivity contribution in [2.24, 2.45) is 0 Å². The summed E-state index contributed by atoms with van der Waals surface area (Å²) in [7, 11) is 0. The molecule has 32 heavy (non-hydrogen) atoms. The van der Waals surface area contributed by atoms with E-state index in [1.165, 1.54) is 24.3 Å². The van der Waals surface area contributed by atoms with Gasteiger partial charge in [0, 0.05) is 36.3 Å². The van der Waals surface area contributed by atoms with Gasteiger partial charge in [0.2, 0.25) is 17.8 Å². The Bertz CT molecular complexity index is 1120. The number of carbonyl (C=O) groups is 2. The van der Waals surface area contributed by atoms with Gasteiger partial charge in [-0.15, -0.1) is 0 Å². The Balaban J connectivity index is 1.64. The zero-order valence-corrected chi connectivity index (χ0v) is 17.8. The lowest BCUT2D eigenvalue weighted by molar-refractivity contribution is -0.384. The third kappa shape index (κ3) is 4.05. The summed E-state index contributed by atoms with van der Waals surface area (Å²) in [5.74, 6) is -1.53. The van der Waals surface area contributed by atoms with Gasteiger partial charge in [0.25, 0.3) is 11.2 Å². The van der Waals surface area contributed by atoms with Crippen LogP contribution in [0.25, 0.3) is 0 Å². The molecule has 4 rings (SSSR count). The van der Waals surface area contributed by atoms with Crippen LogP contribution >= 0.6 is 0 Å². The average molecular weight is 440 g/mol. The first-order chi connectivity index (χ1) is 15.2. The van der Waals surface area contributed by atoms with Gasteiger partial charge >= 0.3 is 0 Å². The first kappa shape index (κ1) is 21.5. The zero-order chi connectivity index (χ0) is 23.0. The fraction of sp³-hybridized carbons (Fsp3) is 0.429. The van der Waals surface area contributed by atoms with E-state index in [0.29, 0.717) is 11.6 Å². The Morgan fingerprint density at radius 3 is 2.47 bits per heavy atom. The number of amides is 2. The van der Waals surface area contributed by atoms with E-state index in [2.05, 4.69) is 34.4 Å². The average Bonchev–Trinajstić information content (AvgIpc) is 2.73. The molecule has 1 saturated heterocycles. The predicted molar refractivity (Wildman–Crippen MR) is 118 cm³/mol. The molecule has 0 saturated carbocycles. The number of carbonyl (C=O) groups excluding carboxylic acids is 2. The maximum absolute atomic E-state index is 13.0. The van der Waals surface area contributed by atoms with E-state index in [1.807, 2.05) is 4.90 Å². The number of non-ortho nitro benzene ring substituents is 1. The van der Waals surface area contributed by atoms with Crippen LogP contribution in [-0.4, -0.2) is 38.8 Å². The molecule has 2 aromatic rings. The summed E-state index contributed by atoms with van der Waals surface area (Å²) in [6.45, 7) is 4.13. The molecule has 168 valence electrons. The second-order valence-electron chi connectivity index (χ2n) is 8.29. The van der Waals surface area contributed by atoms with Gasteiger partial charge in [0.05, 0.1) is 16.4 Å². The molecule has 2 amide bonds. The summed E-state index contributed by atoms with van der Waals surface area (Å²) in [6, 6.07) is 5.67. The SMILES string of the molecule is C[C@@H]1CCC[C@@H](C)N1c1nc2c(c(=O)[nH]1)[C@@H](C(=O)Nc1ccc([N+](=O)[O-])cc1)CC(=O)N2. The van der Waals surface area contributed by atoms with Crippen LogP contribution in [0.4, 0.5) is 23.1 Å². The summed E-state index contributed by atoms with van der Waals surface area (Å²) in [5, 5.41) is 16.1. The number of fused-ring (bicyclic) bond motifs is 1. The Morgan fingerprint density at radius 2 is 1.84 bits per heavy atom. The number of anilines is 3. The number of nitro groups is 1. The molecule has 2 aliphatic heterocycles. The highest BCUT2D eigenvalue weighted by Gasteiger charge is 2.36. The van der Waals surface area contributed by atoms with Crippen LogP contribution in [0.5, 0.6) is 0 Å². The maximum atomic E-state index is 13.0. The Hall–Kier alpha value is -3.76. The molecule has 0 spiro atoms. The molecule has 0 aliphatic carbocycles. The second kappa shape index (κ2) is 8.40. The van der Waals surface area contributed by atoms with E-state index < -0.39 is 28.2 Å². The third-order valence-electron chi connectivity index (χ3n) is 6.04. The molecule has 3 atom stereocenters. The van der Waals surface area contributed by atoms with E-state index in [-0.39, 0.29) is 35.6 Å². The molecule has 0 unspecified atom stereocenters. The smallest absolute Gasteiger partial charge is 0.269 e. The van der Waals surface area contributed by atoms with Gasteiger partial charge in [-0.3, -0.25) is 29.5 Å².